The van der Waals surface area contributed by atoms with Crippen LogP contribution >= 0.6 is 11.3 Å². The lowest BCUT2D eigenvalue weighted by Gasteiger charge is -2.12. The van der Waals surface area contributed by atoms with Crippen LogP contribution in [0.4, 0.5) is 5.69 Å². The van der Waals surface area contributed by atoms with Gasteiger partial charge in [-0.05, 0) is 50.3 Å². The summed E-state index contributed by atoms with van der Waals surface area (Å²) in [5, 5.41) is 8.73. The minimum absolute atomic E-state index is 0.122. The Morgan fingerprint density at radius 1 is 1.17 bits per heavy atom. The van der Waals surface area contributed by atoms with Crippen LogP contribution in [-0.2, 0) is 4.79 Å². The molecule has 0 fully saturated rings. The second-order valence-electron chi connectivity index (χ2n) is 5.76. The van der Waals surface area contributed by atoms with E-state index in [9.17, 15) is 9.59 Å². The number of anilines is 1. The molecular formula is C18H21N3O2S. The zero-order valence-electron chi connectivity index (χ0n) is 14.3. The van der Waals surface area contributed by atoms with Gasteiger partial charge in [0.2, 0.25) is 5.91 Å². The first-order chi connectivity index (χ1) is 11.4. The predicted molar refractivity (Wildman–Crippen MR) is 98.8 cm³/mol. The average molecular weight is 343 g/mol. The van der Waals surface area contributed by atoms with Gasteiger partial charge in [0, 0.05) is 11.4 Å². The number of nitrogens with zero attached hydrogens (tertiary/aromatic N) is 1. The second kappa shape index (κ2) is 7.88. The number of aryl methyl sites for hydroxylation is 3. The van der Waals surface area contributed by atoms with E-state index in [0.29, 0.717) is 10.6 Å². The molecule has 0 aliphatic carbocycles. The van der Waals surface area contributed by atoms with Gasteiger partial charge in [-0.2, -0.15) is 5.10 Å². The molecule has 0 atom stereocenters. The molecule has 1 aromatic heterocycles. The largest absolute Gasteiger partial charge is 0.325 e. The SMILES string of the molecule is CC(CC(=O)Nc1c(C)cc(C)cc1C)=NNC(=O)c1cccs1. The van der Waals surface area contributed by atoms with Crippen LogP contribution in [0.2, 0.25) is 0 Å². The first kappa shape index (κ1) is 17.9. The molecule has 24 heavy (non-hydrogen) atoms. The lowest BCUT2D eigenvalue weighted by Crippen LogP contribution is -2.21. The van der Waals surface area contributed by atoms with Crippen molar-refractivity contribution in [3.05, 3.63) is 51.2 Å². The predicted octanol–water partition coefficient (Wildman–Crippen LogP) is 3.81. The fraction of sp³-hybridized carbons (Fsp3) is 0.278. The number of thiophene rings is 1. The topological polar surface area (TPSA) is 70.6 Å². The summed E-state index contributed by atoms with van der Waals surface area (Å²) in [5.41, 5.74) is 7.06. The summed E-state index contributed by atoms with van der Waals surface area (Å²) in [4.78, 5) is 24.6. The molecule has 0 radical (unpaired) electrons. The third-order valence-corrected chi connectivity index (χ3v) is 4.32. The van der Waals surface area contributed by atoms with Gasteiger partial charge in [0.05, 0.1) is 11.3 Å². The van der Waals surface area contributed by atoms with Crippen molar-refractivity contribution < 1.29 is 9.59 Å². The van der Waals surface area contributed by atoms with E-state index >= 15 is 0 Å². The van der Waals surface area contributed by atoms with E-state index in [1.165, 1.54) is 11.3 Å². The lowest BCUT2D eigenvalue weighted by atomic mass is 10.0. The molecule has 1 aromatic carbocycles. The number of benzene rings is 1. The van der Waals surface area contributed by atoms with Crippen LogP contribution in [-0.4, -0.2) is 17.5 Å². The Bertz CT molecular complexity index is 757. The van der Waals surface area contributed by atoms with Crippen LogP contribution in [0.25, 0.3) is 0 Å². The molecule has 0 unspecified atom stereocenters. The van der Waals surface area contributed by atoms with Gasteiger partial charge >= 0.3 is 0 Å². The monoisotopic (exact) mass is 343 g/mol. The van der Waals surface area contributed by atoms with Crippen LogP contribution in [0.15, 0.2) is 34.7 Å². The van der Waals surface area contributed by atoms with Gasteiger partial charge in [0.25, 0.3) is 5.91 Å². The fourth-order valence-electron chi connectivity index (χ4n) is 2.44. The van der Waals surface area contributed by atoms with Crippen LogP contribution in [0, 0.1) is 20.8 Å². The normalized spacial score (nSPS) is 11.2. The zero-order chi connectivity index (χ0) is 17.7. The lowest BCUT2D eigenvalue weighted by molar-refractivity contribution is -0.115. The van der Waals surface area contributed by atoms with Crippen molar-refractivity contribution in [2.45, 2.75) is 34.1 Å². The molecule has 2 rings (SSSR count). The molecule has 0 spiro atoms. The maximum Gasteiger partial charge on any atom is 0.281 e. The number of hydrazone groups is 1. The Morgan fingerprint density at radius 2 is 1.83 bits per heavy atom. The number of rotatable bonds is 5. The van der Waals surface area contributed by atoms with Gasteiger partial charge in [-0.25, -0.2) is 5.43 Å². The summed E-state index contributed by atoms with van der Waals surface area (Å²) in [7, 11) is 0. The highest BCUT2D eigenvalue weighted by molar-refractivity contribution is 7.12. The van der Waals surface area contributed by atoms with E-state index in [1.807, 2.05) is 38.3 Å². The number of nitrogens with one attached hydrogen (secondary N) is 2. The van der Waals surface area contributed by atoms with E-state index in [0.717, 1.165) is 22.4 Å². The van der Waals surface area contributed by atoms with Gasteiger partial charge in [0.15, 0.2) is 0 Å². The summed E-state index contributed by atoms with van der Waals surface area (Å²) in [6.07, 6.45) is 0.122. The van der Waals surface area contributed by atoms with Gasteiger partial charge in [0.1, 0.15) is 0 Å². The van der Waals surface area contributed by atoms with Crippen molar-refractivity contribution in [1.82, 2.24) is 5.43 Å². The molecule has 126 valence electrons. The van der Waals surface area contributed by atoms with Crippen LogP contribution < -0.4 is 10.7 Å². The van der Waals surface area contributed by atoms with Crippen molar-refractivity contribution in [2.75, 3.05) is 5.32 Å². The summed E-state index contributed by atoms with van der Waals surface area (Å²) in [5.74, 6) is -0.424. The van der Waals surface area contributed by atoms with Crippen molar-refractivity contribution in [3.8, 4) is 0 Å². The summed E-state index contributed by atoms with van der Waals surface area (Å²) < 4.78 is 0. The molecule has 0 bridgehead atoms. The number of carbonyl (C=O) groups excluding carboxylic acids is 2. The summed E-state index contributed by atoms with van der Waals surface area (Å²) in [6, 6.07) is 7.59. The van der Waals surface area contributed by atoms with E-state index in [1.54, 1.807) is 19.1 Å². The fourth-order valence-corrected chi connectivity index (χ4v) is 3.06. The Labute approximate surface area is 145 Å². The maximum atomic E-state index is 12.2. The minimum atomic E-state index is -0.269. The van der Waals surface area contributed by atoms with Crippen molar-refractivity contribution in [1.29, 1.82) is 0 Å². The van der Waals surface area contributed by atoms with E-state index in [-0.39, 0.29) is 18.2 Å². The van der Waals surface area contributed by atoms with Crippen molar-refractivity contribution in [3.63, 3.8) is 0 Å². The quantitative estimate of drug-likeness (QED) is 0.640. The Hall–Kier alpha value is -2.47. The van der Waals surface area contributed by atoms with Gasteiger partial charge in [-0.3, -0.25) is 9.59 Å². The second-order valence-corrected chi connectivity index (χ2v) is 6.71. The molecule has 0 saturated carbocycles. The Kier molecular flexibility index (Phi) is 5.87. The van der Waals surface area contributed by atoms with E-state index in [2.05, 4.69) is 15.8 Å². The van der Waals surface area contributed by atoms with Crippen LogP contribution in [0.3, 0.4) is 0 Å². The van der Waals surface area contributed by atoms with Crippen molar-refractivity contribution in [2.24, 2.45) is 5.10 Å². The summed E-state index contributed by atoms with van der Waals surface area (Å²) in [6.45, 7) is 7.68. The third-order valence-electron chi connectivity index (χ3n) is 3.45. The van der Waals surface area contributed by atoms with Gasteiger partial charge in [-0.15, -0.1) is 11.3 Å². The highest BCUT2D eigenvalue weighted by Crippen LogP contribution is 2.22. The molecule has 2 N–H and O–H groups in total. The highest BCUT2D eigenvalue weighted by Gasteiger charge is 2.10. The first-order valence-electron chi connectivity index (χ1n) is 7.61. The molecular weight excluding hydrogens is 322 g/mol. The standard InChI is InChI=1S/C18H21N3O2S/c1-11-8-12(2)17(13(3)9-11)19-16(22)10-14(4)20-21-18(23)15-6-5-7-24-15/h5-9H,10H2,1-4H3,(H,19,22)(H,21,23). The number of carbonyl (C=O) groups is 2. The van der Waals surface area contributed by atoms with Gasteiger partial charge < -0.3 is 5.32 Å². The highest BCUT2D eigenvalue weighted by atomic mass is 32.1. The third kappa shape index (κ3) is 4.76. The molecule has 0 aliphatic rings. The van der Waals surface area contributed by atoms with Gasteiger partial charge in [-0.1, -0.05) is 23.8 Å². The maximum absolute atomic E-state index is 12.2. The van der Waals surface area contributed by atoms with E-state index in [4.69, 9.17) is 0 Å². The average Bonchev–Trinajstić information content (AvgIpc) is 3.03. The molecule has 2 aromatic rings. The number of amides is 2. The zero-order valence-corrected chi connectivity index (χ0v) is 15.1. The molecule has 0 saturated heterocycles. The summed E-state index contributed by atoms with van der Waals surface area (Å²) >= 11 is 1.34. The molecule has 6 heteroatoms. The Balaban J connectivity index is 1.94. The molecule has 5 nitrogen and oxygen atoms in total. The molecule has 0 aliphatic heterocycles. The minimum Gasteiger partial charge on any atom is -0.325 e. The van der Waals surface area contributed by atoms with Crippen LogP contribution in [0.5, 0.6) is 0 Å². The number of hydrogen-bond donors (Lipinski definition) is 2. The van der Waals surface area contributed by atoms with E-state index < -0.39 is 0 Å². The van der Waals surface area contributed by atoms with Crippen molar-refractivity contribution >= 4 is 34.6 Å². The Morgan fingerprint density at radius 3 is 2.42 bits per heavy atom. The number of hydrogen-bond acceptors (Lipinski definition) is 4. The molecule has 2 amide bonds. The van der Waals surface area contributed by atoms with Crippen LogP contribution in [0.1, 0.15) is 39.7 Å². The molecule has 1 heterocycles. The smallest absolute Gasteiger partial charge is 0.281 e. The first-order valence-corrected chi connectivity index (χ1v) is 8.49.